The Hall–Kier alpha value is -3.14. The average Bonchev–Trinajstić information content (AvgIpc) is 3.20. The summed E-state index contributed by atoms with van der Waals surface area (Å²) in [5.41, 5.74) is 11.5. The number of hydrogen-bond donors (Lipinski definition) is 1. The van der Waals surface area contributed by atoms with Gasteiger partial charge in [0.15, 0.2) is 0 Å². The van der Waals surface area contributed by atoms with E-state index in [2.05, 4.69) is 83.9 Å². The molecule has 2 aromatic carbocycles. The van der Waals surface area contributed by atoms with Crippen molar-refractivity contribution in [1.29, 1.82) is 0 Å². The van der Waals surface area contributed by atoms with Crippen LogP contribution in [-0.2, 0) is 6.42 Å². The molecule has 5 rings (SSSR count). The molecule has 140 valence electrons. The molecule has 0 saturated heterocycles. The zero-order valence-corrected chi connectivity index (χ0v) is 16.3. The van der Waals surface area contributed by atoms with Crippen molar-refractivity contribution in [2.24, 2.45) is 5.10 Å². The van der Waals surface area contributed by atoms with E-state index in [-0.39, 0.29) is 5.92 Å². The molecule has 0 saturated carbocycles. The van der Waals surface area contributed by atoms with Gasteiger partial charge in [0.2, 0.25) is 0 Å². The molecule has 1 aliphatic carbocycles. The van der Waals surface area contributed by atoms with E-state index in [1.54, 1.807) is 0 Å². The van der Waals surface area contributed by atoms with Gasteiger partial charge in [0.1, 0.15) is 0 Å². The number of rotatable bonds is 3. The predicted molar refractivity (Wildman–Crippen MR) is 113 cm³/mol. The van der Waals surface area contributed by atoms with Crippen molar-refractivity contribution >= 4 is 11.4 Å². The molecule has 28 heavy (non-hydrogen) atoms. The molecule has 1 aromatic heterocycles. The molecule has 1 aliphatic heterocycles. The van der Waals surface area contributed by atoms with Gasteiger partial charge in [-0.2, -0.15) is 5.10 Å². The molecule has 0 fully saturated rings. The number of benzene rings is 2. The van der Waals surface area contributed by atoms with E-state index >= 15 is 0 Å². The van der Waals surface area contributed by atoms with E-state index in [4.69, 9.17) is 5.10 Å². The largest absolute Gasteiger partial charge is 0.331 e. The minimum atomic E-state index is 0.140. The van der Waals surface area contributed by atoms with Crippen molar-refractivity contribution in [3.05, 3.63) is 95.6 Å². The van der Waals surface area contributed by atoms with Crippen LogP contribution in [0.5, 0.6) is 0 Å². The SMILES string of the molecule is C=C1NN=C2c3c(cccc31)CC(c1ccccc1)C2c1cncn1C(C)C. The number of imidazole rings is 1. The number of hydrogen-bond acceptors (Lipinski definition) is 3. The third-order valence-electron chi connectivity index (χ3n) is 5.98. The lowest BCUT2D eigenvalue weighted by molar-refractivity contribution is 0.526. The topological polar surface area (TPSA) is 42.2 Å². The van der Waals surface area contributed by atoms with Gasteiger partial charge in [-0.25, -0.2) is 4.98 Å². The molecule has 0 spiro atoms. The minimum absolute atomic E-state index is 0.140. The quantitative estimate of drug-likeness (QED) is 0.717. The van der Waals surface area contributed by atoms with Gasteiger partial charge in [-0.3, -0.25) is 5.43 Å². The molecule has 2 unspecified atom stereocenters. The van der Waals surface area contributed by atoms with Gasteiger partial charge >= 0.3 is 0 Å². The first-order chi connectivity index (χ1) is 13.6. The Kier molecular flexibility index (Phi) is 3.93. The van der Waals surface area contributed by atoms with Crippen LogP contribution in [-0.4, -0.2) is 15.3 Å². The molecule has 3 aromatic rings. The fraction of sp³-hybridized carbons (Fsp3) is 0.250. The van der Waals surface area contributed by atoms with Gasteiger partial charge in [0.05, 0.1) is 23.7 Å². The Bertz CT molecular complexity index is 1070. The number of aromatic nitrogens is 2. The summed E-state index contributed by atoms with van der Waals surface area (Å²) in [6.07, 6.45) is 4.94. The molecule has 0 bridgehead atoms. The van der Waals surface area contributed by atoms with Crippen LogP contribution >= 0.6 is 0 Å². The van der Waals surface area contributed by atoms with Crippen molar-refractivity contribution in [3.63, 3.8) is 0 Å². The zero-order chi connectivity index (χ0) is 19.3. The Morgan fingerprint density at radius 2 is 1.93 bits per heavy atom. The molecular formula is C24H24N4. The van der Waals surface area contributed by atoms with Crippen molar-refractivity contribution in [3.8, 4) is 0 Å². The van der Waals surface area contributed by atoms with Crippen LogP contribution < -0.4 is 5.43 Å². The van der Waals surface area contributed by atoms with Crippen molar-refractivity contribution in [2.75, 3.05) is 0 Å². The summed E-state index contributed by atoms with van der Waals surface area (Å²) in [5.74, 6) is 0.451. The summed E-state index contributed by atoms with van der Waals surface area (Å²) < 4.78 is 2.28. The second-order valence-electron chi connectivity index (χ2n) is 7.95. The molecule has 2 aliphatic rings. The lowest BCUT2D eigenvalue weighted by Crippen LogP contribution is -2.35. The highest BCUT2D eigenvalue weighted by molar-refractivity contribution is 6.12. The molecular weight excluding hydrogens is 344 g/mol. The molecule has 0 amide bonds. The van der Waals surface area contributed by atoms with Crippen molar-refractivity contribution in [2.45, 2.75) is 38.1 Å². The molecule has 2 atom stereocenters. The second kappa shape index (κ2) is 6.48. The summed E-state index contributed by atoms with van der Waals surface area (Å²) >= 11 is 0. The van der Waals surface area contributed by atoms with Crippen LogP contribution in [0.25, 0.3) is 5.70 Å². The molecule has 4 heteroatoms. The summed E-state index contributed by atoms with van der Waals surface area (Å²) in [7, 11) is 0. The number of nitrogens with zero attached hydrogens (tertiary/aromatic N) is 3. The minimum Gasteiger partial charge on any atom is -0.331 e. The first kappa shape index (κ1) is 17.0. The van der Waals surface area contributed by atoms with E-state index < -0.39 is 0 Å². The summed E-state index contributed by atoms with van der Waals surface area (Å²) in [5, 5.41) is 4.82. The molecule has 4 nitrogen and oxygen atoms in total. The van der Waals surface area contributed by atoms with Gasteiger partial charge in [0.25, 0.3) is 0 Å². The highest BCUT2D eigenvalue weighted by atomic mass is 15.3. The fourth-order valence-corrected chi connectivity index (χ4v) is 4.68. The smallest absolute Gasteiger partial charge is 0.0950 e. The van der Waals surface area contributed by atoms with Crippen LogP contribution in [0, 0.1) is 0 Å². The highest BCUT2D eigenvalue weighted by Crippen LogP contribution is 2.46. The summed E-state index contributed by atoms with van der Waals surface area (Å²) in [4.78, 5) is 4.50. The molecule has 2 heterocycles. The third kappa shape index (κ3) is 2.52. The Morgan fingerprint density at radius 3 is 2.71 bits per heavy atom. The van der Waals surface area contributed by atoms with Crippen molar-refractivity contribution in [1.82, 2.24) is 15.0 Å². The molecule has 0 radical (unpaired) electrons. The lowest BCUT2D eigenvalue weighted by atomic mass is 9.68. The van der Waals surface area contributed by atoms with E-state index in [9.17, 15) is 0 Å². The summed E-state index contributed by atoms with van der Waals surface area (Å²) in [6.45, 7) is 8.57. The first-order valence-electron chi connectivity index (χ1n) is 9.87. The second-order valence-corrected chi connectivity index (χ2v) is 7.95. The maximum absolute atomic E-state index is 4.82. The van der Waals surface area contributed by atoms with Gasteiger partial charge in [-0.15, -0.1) is 0 Å². The Morgan fingerprint density at radius 1 is 1.11 bits per heavy atom. The van der Waals surface area contributed by atoms with Crippen molar-refractivity contribution < 1.29 is 0 Å². The van der Waals surface area contributed by atoms with E-state index in [0.29, 0.717) is 12.0 Å². The molecule has 1 N–H and O–H groups in total. The maximum atomic E-state index is 4.82. The summed E-state index contributed by atoms with van der Waals surface area (Å²) in [6, 6.07) is 17.7. The number of nitrogens with one attached hydrogen (secondary N) is 1. The lowest BCUT2D eigenvalue weighted by Gasteiger charge is -2.38. The normalized spacial score (nSPS) is 20.5. The number of hydrazone groups is 1. The third-order valence-corrected chi connectivity index (χ3v) is 5.98. The maximum Gasteiger partial charge on any atom is 0.0950 e. The van der Waals surface area contributed by atoms with E-state index in [1.807, 2.05) is 12.5 Å². The van der Waals surface area contributed by atoms with Crippen LogP contribution in [0.4, 0.5) is 0 Å². The fourth-order valence-electron chi connectivity index (χ4n) is 4.68. The van der Waals surface area contributed by atoms with Crippen LogP contribution in [0.2, 0.25) is 0 Å². The van der Waals surface area contributed by atoms with Crippen LogP contribution in [0.1, 0.15) is 59.7 Å². The average molecular weight is 368 g/mol. The Labute approximate surface area is 165 Å². The van der Waals surface area contributed by atoms with E-state index in [1.165, 1.54) is 22.4 Å². The predicted octanol–water partition coefficient (Wildman–Crippen LogP) is 4.87. The highest BCUT2D eigenvalue weighted by Gasteiger charge is 2.40. The standard InChI is InChI=1S/C24H24N4/c1-15(2)28-14-25-13-21(28)23-20(17-8-5-4-6-9-17)12-18-10-7-11-19-16(3)26-27-24(23)22(18)19/h4-11,13-15,20,23,26H,3,12H2,1-2H3. The van der Waals surface area contributed by atoms with Gasteiger partial charge in [-0.1, -0.05) is 55.1 Å². The van der Waals surface area contributed by atoms with Crippen LogP contribution in [0.15, 0.2) is 72.7 Å². The first-order valence-corrected chi connectivity index (χ1v) is 9.87. The monoisotopic (exact) mass is 368 g/mol. The van der Waals surface area contributed by atoms with Gasteiger partial charge in [-0.05, 0) is 31.4 Å². The zero-order valence-electron chi connectivity index (χ0n) is 16.3. The van der Waals surface area contributed by atoms with Crippen LogP contribution in [0.3, 0.4) is 0 Å². The van der Waals surface area contributed by atoms with Gasteiger partial charge < -0.3 is 4.57 Å². The Balaban J connectivity index is 1.76. The van der Waals surface area contributed by atoms with E-state index in [0.717, 1.165) is 23.4 Å². The van der Waals surface area contributed by atoms with Gasteiger partial charge in [0, 0.05) is 35.0 Å².